The quantitative estimate of drug-likeness (QED) is 0.225. The van der Waals surface area contributed by atoms with E-state index in [-0.39, 0.29) is 29.4 Å². The molecule has 6 heterocycles. The molecule has 46 heavy (non-hydrogen) atoms. The highest BCUT2D eigenvalue weighted by atomic mass is 19.1. The topological polar surface area (TPSA) is 102 Å². The molecule has 5 aromatic rings. The summed E-state index contributed by atoms with van der Waals surface area (Å²) in [6.07, 6.45) is 6.97. The lowest BCUT2D eigenvalue weighted by molar-refractivity contribution is 0.107. The number of phenolic OH excluding ortho intramolecular Hbond substituents is 1. The fraction of sp³-hybridized carbons (Fsp3) is 0.400. The molecule has 3 N–H and O–H groups in total. The number of phenols is 1. The number of H-pyrrole nitrogens is 1. The first-order chi connectivity index (χ1) is 22.4. The van der Waals surface area contributed by atoms with Gasteiger partial charge in [0.1, 0.15) is 29.9 Å². The van der Waals surface area contributed by atoms with Gasteiger partial charge < -0.3 is 20.1 Å². The first-order valence-electron chi connectivity index (χ1n) is 16.2. The minimum atomic E-state index is -0.883. The maximum absolute atomic E-state index is 17.4. The number of nitrogens with one attached hydrogen (secondary N) is 2. The van der Waals surface area contributed by atoms with Gasteiger partial charge in [0, 0.05) is 60.8 Å². The highest BCUT2D eigenvalue weighted by Gasteiger charge is 2.49. The molecule has 236 valence electrons. The predicted molar refractivity (Wildman–Crippen MR) is 172 cm³/mol. The number of aromatic nitrogens is 4. The molecule has 11 heteroatoms. The van der Waals surface area contributed by atoms with Crippen molar-refractivity contribution >= 4 is 27.5 Å². The van der Waals surface area contributed by atoms with Crippen LogP contribution in [-0.2, 0) is 0 Å². The normalized spacial score (nSPS) is 26.0. The summed E-state index contributed by atoms with van der Waals surface area (Å²) in [5.74, 6) is 0.143. The second-order valence-corrected chi connectivity index (χ2v) is 13.4. The van der Waals surface area contributed by atoms with Gasteiger partial charge in [-0.25, -0.2) is 8.78 Å². The van der Waals surface area contributed by atoms with Crippen LogP contribution in [0.25, 0.3) is 43.9 Å². The maximum Gasteiger partial charge on any atom is 0.319 e. The number of hydrogen-bond donors (Lipinski definition) is 3. The summed E-state index contributed by atoms with van der Waals surface area (Å²) in [6.45, 7) is 3.01. The van der Waals surface area contributed by atoms with Crippen LogP contribution in [0.5, 0.6) is 11.8 Å². The Labute approximate surface area is 264 Å². The fourth-order valence-corrected chi connectivity index (χ4v) is 8.50. The van der Waals surface area contributed by atoms with Crippen molar-refractivity contribution in [3.63, 3.8) is 0 Å². The highest BCUT2D eigenvalue weighted by molar-refractivity contribution is 6.06. The van der Waals surface area contributed by atoms with Crippen LogP contribution in [0.3, 0.4) is 0 Å². The number of rotatable bonds is 6. The Hall–Kier alpha value is -4.35. The van der Waals surface area contributed by atoms with Crippen molar-refractivity contribution < 1.29 is 18.6 Å². The molecule has 0 amide bonds. The minimum Gasteiger partial charge on any atom is -0.508 e. The zero-order chi connectivity index (χ0) is 31.0. The average Bonchev–Trinajstić information content (AvgIpc) is 3.84. The molecule has 9 rings (SSSR count). The molecule has 2 bridgehead atoms. The largest absolute Gasteiger partial charge is 0.508 e. The SMILES string of the molecule is Oc1cc(-c2c(-c3cn[nH]c3)cc3c(N4C[C@H]5CC[C@@H](C4)N5)nc(OC[C@@]45CCCN4C[C@H](F)C5)nc3c2F)c2ccccc2c1. The summed E-state index contributed by atoms with van der Waals surface area (Å²) >= 11 is 0. The lowest BCUT2D eigenvalue weighted by Crippen LogP contribution is -2.51. The fourth-order valence-electron chi connectivity index (χ4n) is 8.50. The molecule has 0 aliphatic carbocycles. The summed E-state index contributed by atoms with van der Waals surface area (Å²) in [6, 6.07) is 13.6. The molecule has 2 aromatic heterocycles. The molecule has 4 aliphatic heterocycles. The monoisotopic (exact) mass is 623 g/mol. The second kappa shape index (κ2) is 10.6. The molecular formula is C35H35F2N7O2. The van der Waals surface area contributed by atoms with E-state index >= 15 is 4.39 Å². The van der Waals surface area contributed by atoms with Gasteiger partial charge in [-0.3, -0.25) is 10.00 Å². The van der Waals surface area contributed by atoms with Crippen molar-refractivity contribution in [2.24, 2.45) is 0 Å². The second-order valence-electron chi connectivity index (χ2n) is 13.4. The molecule has 0 saturated carbocycles. The van der Waals surface area contributed by atoms with Gasteiger partial charge in [-0.15, -0.1) is 0 Å². The third-order valence-corrected chi connectivity index (χ3v) is 10.6. The Bertz CT molecular complexity index is 1960. The van der Waals surface area contributed by atoms with Gasteiger partial charge >= 0.3 is 6.01 Å². The Morgan fingerprint density at radius 2 is 1.87 bits per heavy atom. The maximum atomic E-state index is 17.4. The van der Waals surface area contributed by atoms with Crippen molar-refractivity contribution in [2.45, 2.75) is 55.9 Å². The summed E-state index contributed by atoms with van der Waals surface area (Å²) in [5.41, 5.74) is 1.95. The number of ether oxygens (including phenoxy) is 1. The van der Waals surface area contributed by atoms with Crippen LogP contribution in [0.1, 0.15) is 32.1 Å². The van der Waals surface area contributed by atoms with Crippen molar-refractivity contribution in [3.05, 3.63) is 60.7 Å². The molecule has 9 nitrogen and oxygen atoms in total. The van der Waals surface area contributed by atoms with Crippen molar-refractivity contribution in [3.8, 4) is 34.0 Å². The zero-order valence-electron chi connectivity index (χ0n) is 25.3. The van der Waals surface area contributed by atoms with Gasteiger partial charge in [0.15, 0.2) is 5.82 Å². The van der Waals surface area contributed by atoms with Crippen molar-refractivity contribution in [2.75, 3.05) is 37.7 Å². The molecule has 4 fully saturated rings. The van der Waals surface area contributed by atoms with E-state index in [2.05, 4.69) is 25.3 Å². The summed E-state index contributed by atoms with van der Waals surface area (Å²) < 4.78 is 38.3. The highest BCUT2D eigenvalue weighted by Crippen LogP contribution is 2.45. The summed E-state index contributed by atoms with van der Waals surface area (Å²) in [5, 5.41) is 23.6. The van der Waals surface area contributed by atoms with Gasteiger partial charge in [-0.05, 0) is 72.3 Å². The lowest BCUT2D eigenvalue weighted by atomic mass is 9.90. The van der Waals surface area contributed by atoms with Gasteiger partial charge in [-0.1, -0.05) is 24.3 Å². The van der Waals surface area contributed by atoms with Gasteiger partial charge in [0.25, 0.3) is 0 Å². The van der Waals surface area contributed by atoms with E-state index in [0.29, 0.717) is 58.5 Å². The molecular weight excluding hydrogens is 588 g/mol. The first kappa shape index (κ1) is 27.9. The number of anilines is 1. The van der Waals surface area contributed by atoms with Gasteiger partial charge in [0.2, 0.25) is 0 Å². The number of piperazine rings is 1. The van der Waals surface area contributed by atoms with Crippen LogP contribution in [0.15, 0.2) is 54.9 Å². The third kappa shape index (κ3) is 4.51. The zero-order valence-corrected chi connectivity index (χ0v) is 25.3. The van der Waals surface area contributed by atoms with Crippen LogP contribution in [0, 0.1) is 5.82 Å². The number of aromatic amines is 1. The number of nitrogens with zero attached hydrogens (tertiary/aromatic N) is 5. The lowest BCUT2D eigenvalue weighted by Gasteiger charge is -2.35. The molecule has 4 atom stereocenters. The molecule has 3 aromatic carbocycles. The van der Waals surface area contributed by atoms with Crippen LogP contribution in [-0.4, -0.2) is 86.8 Å². The van der Waals surface area contributed by atoms with Gasteiger partial charge in [0.05, 0.1) is 11.7 Å². The molecule has 0 spiro atoms. The smallest absolute Gasteiger partial charge is 0.319 e. The van der Waals surface area contributed by atoms with Crippen LogP contribution >= 0.6 is 0 Å². The first-order valence-corrected chi connectivity index (χ1v) is 16.2. The van der Waals surface area contributed by atoms with E-state index < -0.39 is 12.0 Å². The van der Waals surface area contributed by atoms with Crippen LogP contribution in [0.4, 0.5) is 14.6 Å². The average molecular weight is 624 g/mol. The molecule has 4 aliphatic rings. The minimum absolute atomic E-state index is 0.0399. The molecule has 0 unspecified atom stereocenters. The predicted octanol–water partition coefficient (Wildman–Crippen LogP) is 5.58. The van der Waals surface area contributed by atoms with E-state index in [0.717, 1.165) is 56.1 Å². The Morgan fingerprint density at radius 1 is 1.02 bits per heavy atom. The van der Waals surface area contributed by atoms with Crippen molar-refractivity contribution in [1.29, 1.82) is 0 Å². The number of benzene rings is 3. The molecule has 0 radical (unpaired) electrons. The number of halogens is 2. The van der Waals surface area contributed by atoms with E-state index in [9.17, 15) is 9.50 Å². The number of alkyl halides is 1. The van der Waals surface area contributed by atoms with Gasteiger partial charge in [-0.2, -0.15) is 15.1 Å². The standard InChI is InChI=1S/C35H35F2N7O2/c36-22-13-35(8-3-9-44(35)16-22)19-46-34-41-32-29(33(42-34)43-17-23-6-7-24(18-43)40-23)12-27(21-14-38-39-15-21)30(31(32)37)28-11-25(45)10-20-4-1-2-5-26(20)28/h1-2,4-5,10-12,14-15,22-24,40,45H,3,6-9,13,16-19H2,(H,38,39)/t22-,23-,24+,35+/m1/s1. The summed E-state index contributed by atoms with van der Waals surface area (Å²) in [7, 11) is 0. The number of fused-ring (bicyclic) bond motifs is 5. The van der Waals surface area contributed by atoms with Crippen LogP contribution in [0.2, 0.25) is 0 Å². The molecule has 4 saturated heterocycles. The summed E-state index contributed by atoms with van der Waals surface area (Å²) in [4.78, 5) is 14.1. The third-order valence-electron chi connectivity index (χ3n) is 10.6. The van der Waals surface area contributed by atoms with Crippen molar-refractivity contribution in [1.82, 2.24) is 30.4 Å². The van der Waals surface area contributed by atoms with E-state index in [1.165, 1.54) is 0 Å². The number of hydrogen-bond acceptors (Lipinski definition) is 8. The Morgan fingerprint density at radius 3 is 2.70 bits per heavy atom. The Balaban J connectivity index is 1.25. The Kier molecular flexibility index (Phi) is 6.43. The van der Waals surface area contributed by atoms with E-state index in [4.69, 9.17) is 14.7 Å². The van der Waals surface area contributed by atoms with E-state index in [1.807, 2.05) is 30.3 Å². The van der Waals surface area contributed by atoms with E-state index in [1.54, 1.807) is 24.5 Å². The van der Waals surface area contributed by atoms with Crippen LogP contribution < -0.4 is 15.0 Å². The number of aromatic hydroxyl groups is 1.